The molecule has 0 radical (unpaired) electrons. The molecule has 3 atom stereocenters. The summed E-state index contributed by atoms with van der Waals surface area (Å²) in [5, 5.41) is 9.81. The van der Waals surface area contributed by atoms with Crippen LogP contribution in [0.25, 0.3) is 11.1 Å². The van der Waals surface area contributed by atoms with Gasteiger partial charge in [0.25, 0.3) is 0 Å². The van der Waals surface area contributed by atoms with Gasteiger partial charge >= 0.3 is 0 Å². The summed E-state index contributed by atoms with van der Waals surface area (Å²) in [6.45, 7) is 3.84. The maximum atomic E-state index is 13.7. The van der Waals surface area contributed by atoms with Crippen molar-refractivity contribution in [3.63, 3.8) is 0 Å². The largest absolute Gasteiger partial charge is 0.497 e. The van der Waals surface area contributed by atoms with Gasteiger partial charge in [0.2, 0.25) is 15.9 Å². The third-order valence-electron chi connectivity index (χ3n) is 6.83. The van der Waals surface area contributed by atoms with E-state index in [0.717, 1.165) is 24.0 Å². The van der Waals surface area contributed by atoms with Crippen LogP contribution in [0.3, 0.4) is 0 Å². The van der Waals surface area contributed by atoms with E-state index in [-0.39, 0.29) is 41.5 Å². The summed E-state index contributed by atoms with van der Waals surface area (Å²) in [4.78, 5) is 14.4. The number of benzene rings is 2. The maximum absolute atomic E-state index is 13.7. The first-order valence-electron chi connectivity index (χ1n) is 12.0. The monoisotopic (exact) mass is 502 g/mol. The van der Waals surface area contributed by atoms with Gasteiger partial charge in [-0.2, -0.15) is 4.31 Å². The second-order valence-corrected chi connectivity index (χ2v) is 11.5. The van der Waals surface area contributed by atoms with Crippen molar-refractivity contribution >= 4 is 15.9 Å². The topological polar surface area (TPSA) is 96.4 Å². The molecule has 2 aliphatic rings. The van der Waals surface area contributed by atoms with E-state index in [1.807, 2.05) is 31.2 Å². The van der Waals surface area contributed by atoms with Crippen molar-refractivity contribution in [2.24, 2.45) is 11.8 Å². The number of likely N-dealkylation sites (N-methyl/N-ethyl adjacent to an activating group) is 1. The van der Waals surface area contributed by atoms with Crippen molar-refractivity contribution in [3.05, 3.63) is 42.5 Å². The summed E-state index contributed by atoms with van der Waals surface area (Å²) in [5.74, 6) is 0.895. The van der Waals surface area contributed by atoms with Gasteiger partial charge < -0.3 is 19.5 Å². The van der Waals surface area contributed by atoms with Crippen LogP contribution >= 0.6 is 0 Å². The van der Waals surface area contributed by atoms with Gasteiger partial charge in [-0.1, -0.05) is 25.1 Å². The molecule has 2 aromatic rings. The van der Waals surface area contributed by atoms with Gasteiger partial charge in [0, 0.05) is 31.5 Å². The van der Waals surface area contributed by atoms with E-state index in [4.69, 9.17) is 9.47 Å². The van der Waals surface area contributed by atoms with Gasteiger partial charge in [0.05, 0.1) is 20.3 Å². The van der Waals surface area contributed by atoms with Crippen LogP contribution in [0.2, 0.25) is 0 Å². The predicted octanol–water partition coefficient (Wildman–Crippen LogP) is 3.00. The van der Waals surface area contributed by atoms with Crippen LogP contribution in [0.1, 0.15) is 26.7 Å². The van der Waals surface area contributed by atoms with Crippen LogP contribution < -0.4 is 9.47 Å². The Kier molecular flexibility index (Phi) is 7.40. The van der Waals surface area contributed by atoms with Gasteiger partial charge in [0.15, 0.2) is 0 Å². The molecular formula is C26H34N2O6S. The van der Waals surface area contributed by atoms with E-state index in [0.29, 0.717) is 12.3 Å². The summed E-state index contributed by atoms with van der Waals surface area (Å²) in [5.41, 5.74) is 1.65. The molecule has 1 fully saturated rings. The van der Waals surface area contributed by atoms with Gasteiger partial charge in [-0.05, 0) is 55.2 Å². The zero-order chi connectivity index (χ0) is 25.3. The number of aliphatic hydroxyl groups is 1. The number of fused-ring (bicyclic) bond motifs is 1. The number of amides is 1. The average molecular weight is 503 g/mol. The van der Waals surface area contributed by atoms with Crippen molar-refractivity contribution in [3.8, 4) is 22.6 Å². The Hall–Kier alpha value is -2.62. The van der Waals surface area contributed by atoms with Crippen molar-refractivity contribution in [1.29, 1.82) is 0 Å². The van der Waals surface area contributed by atoms with Crippen LogP contribution in [0.5, 0.6) is 11.5 Å². The quantitative estimate of drug-likeness (QED) is 0.625. The van der Waals surface area contributed by atoms with Gasteiger partial charge in [0.1, 0.15) is 22.5 Å². The first kappa shape index (κ1) is 25.5. The smallest absolute Gasteiger partial charge is 0.247 e. The third-order valence-corrected chi connectivity index (χ3v) is 8.85. The molecule has 190 valence electrons. The molecule has 0 bridgehead atoms. The molecule has 0 saturated heterocycles. The fourth-order valence-electron chi connectivity index (χ4n) is 4.43. The minimum atomic E-state index is -3.93. The number of rotatable bonds is 7. The SMILES string of the molecule is COc1cccc(-c2ccc3c(c2)O[C@H](CN(C)C(=O)C2CC2)[C@@H](C)CN([C@H](C)CO)S3(=O)=O)c1. The Balaban J connectivity index is 1.77. The number of nitrogens with zero attached hydrogens (tertiary/aromatic N) is 2. The van der Waals surface area contributed by atoms with E-state index in [2.05, 4.69) is 0 Å². The van der Waals surface area contributed by atoms with E-state index >= 15 is 0 Å². The third kappa shape index (κ3) is 5.32. The average Bonchev–Trinajstić information content (AvgIpc) is 3.70. The van der Waals surface area contributed by atoms with Crippen LogP contribution in [0, 0.1) is 11.8 Å². The molecule has 2 aromatic carbocycles. The molecule has 0 aromatic heterocycles. The number of hydrogen-bond donors (Lipinski definition) is 1. The molecule has 1 amide bonds. The molecule has 1 aliphatic heterocycles. The second-order valence-electron chi connectivity index (χ2n) is 9.63. The lowest BCUT2D eigenvalue weighted by molar-refractivity contribution is -0.132. The van der Waals surface area contributed by atoms with E-state index in [1.54, 1.807) is 44.2 Å². The Morgan fingerprint density at radius 1 is 1.23 bits per heavy atom. The highest BCUT2D eigenvalue weighted by molar-refractivity contribution is 7.89. The molecule has 1 N–H and O–H groups in total. The predicted molar refractivity (Wildman–Crippen MR) is 133 cm³/mol. The number of sulfonamides is 1. The summed E-state index contributed by atoms with van der Waals surface area (Å²) in [6.07, 6.45) is 1.40. The fourth-order valence-corrected chi connectivity index (χ4v) is 6.25. The molecule has 1 heterocycles. The first-order chi connectivity index (χ1) is 16.6. The zero-order valence-electron chi connectivity index (χ0n) is 20.7. The fraction of sp³-hybridized carbons (Fsp3) is 0.500. The minimum Gasteiger partial charge on any atom is -0.497 e. The Bertz CT molecular complexity index is 1180. The van der Waals surface area contributed by atoms with Crippen LogP contribution in [0.4, 0.5) is 0 Å². The van der Waals surface area contributed by atoms with Crippen LogP contribution in [-0.2, 0) is 14.8 Å². The van der Waals surface area contributed by atoms with Crippen molar-refractivity contribution in [1.82, 2.24) is 9.21 Å². The lowest BCUT2D eigenvalue weighted by Gasteiger charge is -2.37. The highest BCUT2D eigenvalue weighted by atomic mass is 32.2. The molecule has 0 unspecified atom stereocenters. The molecule has 35 heavy (non-hydrogen) atoms. The second kappa shape index (κ2) is 10.2. The molecular weight excluding hydrogens is 468 g/mol. The molecule has 4 rings (SSSR count). The molecule has 0 spiro atoms. The van der Waals surface area contributed by atoms with Crippen molar-refractivity contribution < 1.29 is 27.8 Å². The lowest BCUT2D eigenvalue weighted by atomic mass is 10.0. The van der Waals surface area contributed by atoms with Crippen LogP contribution in [-0.4, -0.2) is 74.6 Å². The zero-order valence-corrected chi connectivity index (χ0v) is 21.5. The van der Waals surface area contributed by atoms with Gasteiger partial charge in [-0.3, -0.25) is 4.79 Å². The Morgan fingerprint density at radius 2 is 1.94 bits per heavy atom. The highest BCUT2D eigenvalue weighted by Gasteiger charge is 2.39. The van der Waals surface area contributed by atoms with Crippen molar-refractivity contribution in [2.75, 3.05) is 33.9 Å². The molecule has 8 nitrogen and oxygen atoms in total. The lowest BCUT2D eigenvalue weighted by Crippen LogP contribution is -2.50. The van der Waals surface area contributed by atoms with Gasteiger partial charge in [-0.25, -0.2) is 8.42 Å². The van der Waals surface area contributed by atoms with E-state index in [9.17, 15) is 18.3 Å². The normalized spacial score (nSPS) is 22.8. The Labute approximate surface area is 207 Å². The summed E-state index contributed by atoms with van der Waals surface area (Å²) >= 11 is 0. The minimum absolute atomic E-state index is 0.0533. The van der Waals surface area contributed by atoms with Gasteiger partial charge in [-0.15, -0.1) is 0 Å². The highest BCUT2D eigenvalue weighted by Crippen LogP contribution is 2.37. The standard InChI is InChI=1S/C26H34N2O6S/c1-17-14-28(18(2)16-29)35(31,32)25-11-10-21(20-6-5-7-22(12-20)33-4)13-23(25)34-24(17)15-27(3)26(30)19-8-9-19/h5-7,10-13,17-19,24,29H,8-9,14-16H2,1-4H3/t17-,18+,24+/m0/s1. The number of methoxy groups -OCH3 is 1. The number of carbonyl (C=O) groups is 1. The van der Waals surface area contributed by atoms with Crippen molar-refractivity contribution in [2.45, 2.75) is 43.7 Å². The van der Waals surface area contributed by atoms with Crippen LogP contribution in [0.15, 0.2) is 47.4 Å². The summed E-state index contributed by atoms with van der Waals surface area (Å²) in [7, 11) is -0.561. The molecule has 1 saturated carbocycles. The first-order valence-corrected chi connectivity index (χ1v) is 13.4. The number of ether oxygens (including phenoxy) is 2. The number of carbonyl (C=O) groups excluding carboxylic acids is 1. The molecule has 1 aliphatic carbocycles. The Morgan fingerprint density at radius 3 is 2.60 bits per heavy atom. The maximum Gasteiger partial charge on any atom is 0.247 e. The summed E-state index contributed by atoms with van der Waals surface area (Å²) in [6, 6.07) is 12.0. The van der Waals surface area contributed by atoms with E-state index in [1.165, 1.54) is 4.31 Å². The molecule has 9 heteroatoms. The number of aliphatic hydroxyl groups excluding tert-OH is 1. The number of hydrogen-bond acceptors (Lipinski definition) is 6. The summed E-state index contributed by atoms with van der Waals surface area (Å²) < 4.78 is 40.4. The van der Waals surface area contributed by atoms with E-state index < -0.39 is 22.2 Å².